The number of halogens is 1. The highest BCUT2D eigenvalue weighted by molar-refractivity contribution is 9.10. The maximum atomic E-state index is 11.9. The van der Waals surface area contributed by atoms with Gasteiger partial charge in [-0.15, -0.1) is 0 Å². The number of aliphatic imine (C=N–C) groups is 1. The molecule has 1 aromatic carbocycles. The molecule has 0 unspecified atom stereocenters. The van der Waals surface area contributed by atoms with Gasteiger partial charge in [-0.25, -0.2) is 17.7 Å². The Kier molecular flexibility index (Phi) is 2.23. The smallest absolute Gasteiger partial charge is 0.268 e. The van der Waals surface area contributed by atoms with Crippen molar-refractivity contribution in [2.24, 2.45) is 10.7 Å². The van der Waals surface area contributed by atoms with E-state index in [2.05, 4.69) is 20.9 Å². The fourth-order valence-electron chi connectivity index (χ4n) is 1.27. The molecule has 80 valence electrons. The minimum absolute atomic E-state index is 0.0330. The van der Waals surface area contributed by atoms with E-state index in [1.54, 1.807) is 12.1 Å². The van der Waals surface area contributed by atoms with Crippen LogP contribution in [0.25, 0.3) is 0 Å². The predicted octanol–water partition coefficient (Wildman–Crippen LogP) is 1.03. The molecule has 2 rings (SSSR count). The van der Waals surface area contributed by atoms with Crippen LogP contribution in [-0.4, -0.2) is 25.7 Å². The Labute approximate surface area is 95.8 Å². The van der Waals surface area contributed by atoms with Crippen LogP contribution in [0.4, 0.5) is 5.69 Å². The highest BCUT2D eigenvalue weighted by Gasteiger charge is 2.30. The molecule has 0 radical (unpaired) electrons. The van der Waals surface area contributed by atoms with E-state index >= 15 is 0 Å². The zero-order chi connectivity index (χ0) is 11.2. The van der Waals surface area contributed by atoms with Gasteiger partial charge in [0.2, 0.25) is 5.96 Å². The van der Waals surface area contributed by atoms with E-state index < -0.39 is 10.0 Å². The number of nitrogens with zero attached hydrogens (tertiary/aromatic N) is 2. The van der Waals surface area contributed by atoms with Crippen molar-refractivity contribution in [3.05, 3.63) is 22.7 Å². The summed E-state index contributed by atoms with van der Waals surface area (Å²) in [5.74, 6) is -0.0330. The van der Waals surface area contributed by atoms with Gasteiger partial charge >= 0.3 is 0 Å². The van der Waals surface area contributed by atoms with Gasteiger partial charge in [-0.3, -0.25) is 0 Å². The molecule has 0 aromatic heterocycles. The topological polar surface area (TPSA) is 75.8 Å². The number of nitrogens with two attached hydrogens (primary N) is 1. The van der Waals surface area contributed by atoms with E-state index in [1.165, 1.54) is 13.1 Å². The highest BCUT2D eigenvalue weighted by atomic mass is 79.9. The van der Waals surface area contributed by atoms with Gasteiger partial charge in [0.15, 0.2) is 0 Å². The number of hydrogen-bond acceptors (Lipinski definition) is 4. The maximum absolute atomic E-state index is 11.9. The lowest BCUT2D eigenvalue weighted by Gasteiger charge is -2.24. The Balaban J connectivity index is 2.84. The van der Waals surface area contributed by atoms with Crippen LogP contribution in [0.5, 0.6) is 0 Å². The Bertz CT molecular complexity index is 553. The van der Waals surface area contributed by atoms with Gasteiger partial charge in [0.05, 0.1) is 0 Å². The van der Waals surface area contributed by atoms with Crippen molar-refractivity contribution in [3.63, 3.8) is 0 Å². The van der Waals surface area contributed by atoms with Gasteiger partial charge in [-0.05, 0) is 28.1 Å². The quantitative estimate of drug-likeness (QED) is 0.775. The summed E-state index contributed by atoms with van der Waals surface area (Å²) in [5, 5.41) is 0. The molecule has 0 aliphatic carbocycles. The van der Waals surface area contributed by atoms with Gasteiger partial charge in [-0.2, -0.15) is 0 Å². The van der Waals surface area contributed by atoms with Crippen molar-refractivity contribution in [2.75, 3.05) is 7.05 Å². The largest absolute Gasteiger partial charge is 0.369 e. The fourth-order valence-corrected chi connectivity index (χ4v) is 3.09. The lowest BCUT2D eigenvalue weighted by atomic mass is 10.3. The van der Waals surface area contributed by atoms with Crippen LogP contribution in [0.1, 0.15) is 0 Å². The van der Waals surface area contributed by atoms with Crippen molar-refractivity contribution >= 4 is 37.6 Å². The van der Waals surface area contributed by atoms with Crippen LogP contribution in [0, 0.1) is 0 Å². The molecule has 1 aliphatic rings. The molecular formula is C8H8BrN3O2S. The number of hydrogen-bond donors (Lipinski definition) is 1. The zero-order valence-electron chi connectivity index (χ0n) is 7.81. The molecule has 0 fully saturated rings. The summed E-state index contributed by atoms with van der Waals surface area (Å²) in [6.45, 7) is 0. The second-order valence-corrected chi connectivity index (χ2v) is 5.82. The molecule has 0 saturated heterocycles. The molecule has 7 heteroatoms. The normalized spacial score (nSPS) is 18.3. The van der Waals surface area contributed by atoms with Crippen molar-refractivity contribution < 1.29 is 8.42 Å². The highest BCUT2D eigenvalue weighted by Crippen LogP contribution is 2.36. The third-order valence-electron chi connectivity index (χ3n) is 2.14. The summed E-state index contributed by atoms with van der Waals surface area (Å²) in [4.78, 5) is 4.18. The second-order valence-electron chi connectivity index (χ2n) is 3.03. The minimum Gasteiger partial charge on any atom is -0.369 e. The fraction of sp³-hybridized carbons (Fsp3) is 0.125. The predicted molar refractivity (Wildman–Crippen MR) is 60.4 cm³/mol. The number of benzene rings is 1. The van der Waals surface area contributed by atoms with Gasteiger partial charge in [0, 0.05) is 11.5 Å². The zero-order valence-corrected chi connectivity index (χ0v) is 10.2. The molecule has 5 nitrogen and oxygen atoms in total. The van der Waals surface area contributed by atoms with Crippen LogP contribution in [-0.2, 0) is 10.0 Å². The summed E-state index contributed by atoms with van der Waals surface area (Å²) in [7, 11) is -2.17. The first kappa shape index (κ1) is 10.4. The lowest BCUT2D eigenvalue weighted by molar-refractivity contribution is 0.548. The number of para-hydroxylation sites is 1. The average Bonchev–Trinajstić information content (AvgIpc) is 2.17. The Morgan fingerprint density at radius 1 is 1.47 bits per heavy atom. The molecule has 0 amide bonds. The number of rotatable bonds is 0. The Hall–Kier alpha value is -1.08. The molecule has 0 atom stereocenters. The molecule has 2 N–H and O–H groups in total. The average molecular weight is 290 g/mol. The van der Waals surface area contributed by atoms with Gasteiger partial charge in [-0.1, -0.05) is 6.07 Å². The first-order valence-electron chi connectivity index (χ1n) is 4.06. The van der Waals surface area contributed by atoms with Gasteiger partial charge < -0.3 is 5.73 Å². The molecule has 15 heavy (non-hydrogen) atoms. The van der Waals surface area contributed by atoms with E-state index in [1.807, 2.05) is 0 Å². The molecule has 1 aliphatic heterocycles. The van der Waals surface area contributed by atoms with E-state index in [0.717, 1.165) is 4.31 Å². The molecule has 0 bridgehead atoms. The third-order valence-corrected chi connectivity index (χ3v) is 4.57. The van der Waals surface area contributed by atoms with Crippen molar-refractivity contribution in [1.82, 2.24) is 4.31 Å². The first-order chi connectivity index (χ1) is 6.94. The first-order valence-corrected chi connectivity index (χ1v) is 6.29. The van der Waals surface area contributed by atoms with Crippen LogP contribution < -0.4 is 5.73 Å². The Morgan fingerprint density at radius 3 is 2.80 bits per heavy atom. The van der Waals surface area contributed by atoms with Crippen molar-refractivity contribution in [1.29, 1.82) is 0 Å². The number of fused-ring (bicyclic) bond motifs is 1. The second kappa shape index (κ2) is 3.21. The maximum Gasteiger partial charge on any atom is 0.268 e. The minimum atomic E-state index is -3.54. The summed E-state index contributed by atoms with van der Waals surface area (Å²) >= 11 is 3.24. The van der Waals surface area contributed by atoms with Crippen LogP contribution in [0.3, 0.4) is 0 Å². The third kappa shape index (κ3) is 1.42. The summed E-state index contributed by atoms with van der Waals surface area (Å²) in [5.41, 5.74) is 5.87. The summed E-state index contributed by atoms with van der Waals surface area (Å²) in [6.07, 6.45) is 0. The van der Waals surface area contributed by atoms with Gasteiger partial charge in [0.25, 0.3) is 10.0 Å². The summed E-state index contributed by atoms with van der Waals surface area (Å²) < 4.78 is 25.4. The van der Waals surface area contributed by atoms with E-state index in [4.69, 9.17) is 5.73 Å². The van der Waals surface area contributed by atoms with Crippen LogP contribution in [0.2, 0.25) is 0 Å². The molecular weight excluding hydrogens is 282 g/mol. The van der Waals surface area contributed by atoms with Crippen LogP contribution >= 0.6 is 15.9 Å². The number of guanidine groups is 1. The molecule has 1 aromatic rings. The number of sulfonamides is 1. The molecule has 0 spiro atoms. The van der Waals surface area contributed by atoms with E-state index in [-0.39, 0.29) is 10.9 Å². The lowest BCUT2D eigenvalue weighted by Crippen LogP contribution is -2.40. The molecule has 1 heterocycles. The monoisotopic (exact) mass is 289 g/mol. The van der Waals surface area contributed by atoms with Crippen LogP contribution in [0.15, 0.2) is 32.6 Å². The van der Waals surface area contributed by atoms with E-state index in [0.29, 0.717) is 10.2 Å². The van der Waals surface area contributed by atoms with Crippen molar-refractivity contribution in [2.45, 2.75) is 4.90 Å². The standard InChI is InChI=1S/C8H8BrN3O2S/c1-12-8(10)11-7-5(9)3-2-4-6(7)15(12,13)14/h2-4H,1H3,(H2,10,11). The van der Waals surface area contributed by atoms with Crippen molar-refractivity contribution in [3.8, 4) is 0 Å². The Morgan fingerprint density at radius 2 is 2.13 bits per heavy atom. The summed E-state index contributed by atoms with van der Waals surface area (Å²) in [6, 6.07) is 4.86. The van der Waals surface area contributed by atoms with Gasteiger partial charge in [0.1, 0.15) is 10.6 Å². The van der Waals surface area contributed by atoms with E-state index in [9.17, 15) is 8.42 Å². The molecule has 0 saturated carbocycles. The SMILES string of the molecule is CN1C(N)=Nc2c(Br)cccc2S1(=O)=O.